The number of carboxylic acids is 1. The van der Waals surface area contributed by atoms with E-state index in [-0.39, 0.29) is 5.56 Å². The maximum atomic E-state index is 11.2. The highest BCUT2D eigenvalue weighted by molar-refractivity contribution is 6.34. The average Bonchev–Trinajstić information content (AvgIpc) is 2.48. The number of carboxylic acid groups (broad SMARTS) is 1. The van der Waals surface area contributed by atoms with Gasteiger partial charge in [-0.25, -0.2) is 4.79 Å². The van der Waals surface area contributed by atoms with E-state index in [4.69, 9.17) is 16.7 Å². The van der Waals surface area contributed by atoms with E-state index >= 15 is 0 Å². The molecule has 1 N–H and O–H groups in total. The van der Waals surface area contributed by atoms with E-state index in [9.17, 15) is 4.79 Å². The molecule has 0 bridgehead atoms. The molecule has 0 saturated carbocycles. The Kier molecular flexibility index (Phi) is 3.35. The van der Waals surface area contributed by atoms with Gasteiger partial charge in [-0.3, -0.25) is 4.98 Å². The number of nitrogens with zero attached hydrogens (tertiary/aromatic N) is 1. The third kappa shape index (κ3) is 2.48. The highest BCUT2D eigenvalue weighted by Crippen LogP contribution is 2.34. The summed E-state index contributed by atoms with van der Waals surface area (Å²) in [5.74, 6) is -0.966. The van der Waals surface area contributed by atoms with Crippen molar-refractivity contribution < 1.29 is 9.90 Å². The molecule has 0 aliphatic heterocycles. The lowest BCUT2D eigenvalue weighted by molar-refractivity contribution is 0.0697. The Balaban J connectivity index is 2.33. The Bertz CT molecular complexity index is 841. The number of carbonyl (C=O) groups is 1. The summed E-state index contributed by atoms with van der Waals surface area (Å²) >= 11 is 6.30. The van der Waals surface area contributed by atoms with Gasteiger partial charge in [0.25, 0.3) is 0 Å². The number of rotatable bonds is 2. The first-order chi connectivity index (χ1) is 10.1. The van der Waals surface area contributed by atoms with Gasteiger partial charge in [-0.1, -0.05) is 41.4 Å². The van der Waals surface area contributed by atoms with Gasteiger partial charge in [0.2, 0.25) is 0 Å². The van der Waals surface area contributed by atoms with E-state index < -0.39 is 5.97 Å². The van der Waals surface area contributed by atoms with Gasteiger partial charge >= 0.3 is 5.97 Å². The van der Waals surface area contributed by atoms with E-state index in [2.05, 4.69) is 4.98 Å². The molecule has 3 nitrogen and oxygen atoms in total. The molecule has 0 saturated heterocycles. The molecular weight excluding hydrogens is 286 g/mol. The van der Waals surface area contributed by atoms with Crippen molar-refractivity contribution in [2.75, 3.05) is 0 Å². The molecule has 2 aromatic carbocycles. The summed E-state index contributed by atoms with van der Waals surface area (Å²) in [5.41, 5.74) is 3.85. The summed E-state index contributed by atoms with van der Waals surface area (Å²) in [6.45, 7) is 2.01. The van der Waals surface area contributed by atoms with Crippen molar-refractivity contribution in [3.8, 4) is 11.1 Å². The van der Waals surface area contributed by atoms with E-state index in [0.29, 0.717) is 5.02 Å². The third-order valence-corrected chi connectivity index (χ3v) is 3.70. The standard InChI is InChI=1S/C17H12ClNO2/c1-10-2-4-11(5-3-10)16-13-8-12(17(20)21)6-7-15(13)19-9-14(16)18/h2-9H,1H3,(H,20,21). The Hall–Kier alpha value is -2.39. The molecule has 4 heteroatoms. The number of pyridine rings is 1. The third-order valence-electron chi connectivity index (χ3n) is 3.41. The van der Waals surface area contributed by atoms with Crippen molar-refractivity contribution in [3.63, 3.8) is 0 Å². The summed E-state index contributed by atoms with van der Waals surface area (Å²) in [4.78, 5) is 15.4. The second-order valence-corrected chi connectivity index (χ2v) is 5.29. The fourth-order valence-corrected chi connectivity index (χ4v) is 2.57. The number of hydrogen-bond acceptors (Lipinski definition) is 2. The largest absolute Gasteiger partial charge is 0.478 e. The van der Waals surface area contributed by atoms with Crippen molar-refractivity contribution in [2.24, 2.45) is 0 Å². The van der Waals surface area contributed by atoms with Crippen LogP contribution in [0.25, 0.3) is 22.0 Å². The number of aryl methyl sites for hydroxylation is 1. The molecule has 3 rings (SSSR count). The summed E-state index contributed by atoms with van der Waals surface area (Å²) < 4.78 is 0. The molecule has 0 radical (unpaired) electrons. The van der Waals surface area contributed by atoms with Gasteiger partial charge in [-0.05, 0) is 30.7 Å². The first-order valence-electron chi connectivity index (χ1n) is 6.45. The van der Waals surface area contributed by atoms with Crippen LogP contribution < -0.4 is 0 Å². The Morgan fingerprint density at radius 1 is 1.14 bits per heavy atom. The lowest BCUT2D eigenvalue weighted by Gasteiger charge is -2.10. The summed E-state index contributed by atoms with van der Waals surface area (Å²) in [6, 6.07) is 12.8. The number of aromatic nitrogens is 1. The van der Waals surface area contributed by atoms with Crippen molar-refractivity contribution in [2.45, 2.75) is 6.92 Å². The van der Waals surface area contributed by atoms with Crippen molar-refractivity contribution in [1.82, 2.24) is 4.98 Å². The van der Waals surface area contributed by atoms with Gasteiger partial charge in [-0.15, -0.1) is 0 Å². The molecular formula is C17H12ClNO2. The van der Waals surface area contributed by atoms with Gasteiger partial charge in [0, 0.05) is 17.1 Å². The van der Waals surface area contributed by atoms with Crippen LogP contribution in [0.15, 0.2) is 48.7 Å². The second kappa shape index (κ2) is 5.19. The smallest absolute Gasteiger partial charge is 0.335 e. The number of aromatic carboxylic acids is 1. The molecule has 0 aliphatic carbocycles. The molecule has 1 heterocycles. The molecule has 0 aliphatic rings. The minimum atomic E-state index is -0.966. The minimum absolute atomic E-state index is 0.222. The Labute approximate surface area is 126 Å². The monoisotopic (exact) mass is 297 g/mol. The molecule has 1 aromatic heterocycles. The predicted molar refractivity (Wildman–Crippen MR) is 83.9 cm³/mol. The molecule has 0 fully saturated rings. The number of benzene rings is 2. The van der Waals surface area contributed by atoms with Gasteiger partial charge in [0.1, 0.15) is 0 Å². The van der Waals surface area contributed by atoms with Crippen LogP contribution in [0.3, 0.4) is 0 Å². The first-order valence-corrected chi connectivity index (χ1v) is 6.82. The fourth-order valence-electron chi connectivity index (χ4n) is 2.31. The summed E-state index contributed by atoms with van der Waals surface area (Å²) in [7, 11) is 0. The molecule has 21 heavy (non-hydrogen) atoms. The van der Waals surface area contributed by atoms with Gasteiger partial charge in [0.15, 0.2) is 0 Å². The highest BCUT2D eigenvalue weighted by atomic mass is 35.5. The van der Waals surface area contributed by atoms with E-state index in [1.54, 1.807) is 24.4 Å². The number of fused-ring (bicyclic) bond motifs is 1. The Morgan fingerprint density at radius 3 is 2.52 bits per heavy atom. The molecule has 0 atom stereocenters. The predicted octanol–water partition coefficient (Wildman–Crippen LogP) is 4.56. The van der Waals surface area contributed by atoms with Crippen molar-refractivity contribution in [1.29, 1.82) is 0 Å². The van der Waals surface area contributed by atoms with E-state index in [1.807, 2.05) is 31.2 Å². The summed E-state index contributed by atoms with van der Waals surface area (Å²) in [5, 5.41) is 10.4. The van der Waals surface area contributed by atoms with Crippen LogP contribution in [0, 0.1) is 6.92 Å². The maximum absolute atomic E-state index is 11.2. The van der Waals surface area contributed by atoms with Crippen molar-refractivity contribution >= 4 is 28.5 Å². The van der Waals surface area contributed by atoms with Crippen LogP contribution in [0.4, 0.5) is 0 Å². The molecule has 0 spiro atoms. The van der Waals surface area contributed by atoms with E-state index in [1.165, 1.54) is 0 Å². The normalized spacial score (nSPS) is 10.8. The fraction of sp³-hybridized carbons (Fsp3) is 0.0588. The molecule has 3 aromatic rings. The molecule has 0 unspecified atom stereocenters. The van der Waals surface area contributed by atoms with E-state index in [0.717, 1.165) is 27.6 Å². The second-order valence-electron chi connectivity index (χ2n) is 4.88. The minimum Gasteiger partial charge on any atom is -0.478 e. The van der Waals surface area contributed by atoms with Gasteiger partial charge in [-0.2, -0.15) is 0 Å². The zero-order valence-corrected chi connectivity index (χ0v) is 12.1. The zero-order valence-electron chi connectivity index (χ0n) is 11.3. The van der Waals surface area contributed by atoms with Crippen LogP contribution in [0.5, 0.6) is 0 Å². The van der Waals surface area contributed by atoms with Crippen LogP contribution >= 0.6 is 11.6 Å². The first kappa shape index (κ1) is 13.6. The quantitative estimate of drug-likeness (QED) is 0.754. The van der Waals surface area contributed by atoms with Gasteiger partial charge < -0.3 is 5.11 Å². The van der Waals surface area contributed by atoms with Crippen LogP contribution in [0.2, 0.25) is 5.02 Å². The number of hydrogen-bond donors (Lipinski definition) is 1. The average molecular weight is 298 g/mol. The van der Waals surface area contributed by atoms with Crippen molar-refractivity contribution in [3.05, 3.63) is 64.8 Å². The van der Waals surface area contributed by atoms with Crippen LogP contribution in [-0.2, 0) is 0 Å². The zero-order chi connectivity index (χ0) is 15.0. The Morgan fingerprint density at radius 2 is 1.86 bits per heavy atom. The molecule has 0 amide bonds. The van der Waals surface area contributed by atoms with Crippen LogP contribution in [-0.4, -0.2) is 16.1 Å². The topological polar surface area (TPSA) is 50.2 Å². The SMILES string of the molecule is Cc1ccc(-c2c(Cl)cnc3ccc(C(=O)O)cc23)cc1. The molecule has 104 valence electrons. The van der Waals surface area contributed by atoms with Crippen LogP contribution in [0.1, 0.15) is 15.9 Å². The highest BCUT2D eigenvalue weighted by Gasteiger charge is 2.12. The lowest BCUT2D eigenvalue weighted by Crippen LogP contribution is -1.96. The maximum Gasteiger partial charge on any atom is 0.335 e. The number of halogens is 1. The van der Waals surface area contributed by atoms with Gasteiger partial charge in [0.05, 0.1) is 16.1 Å². The summed E-state index contributed by atoms with van der Waals surface area (Å²) in [6.07, 6.45) is 1.60. The lowest BCUT2D eigenvalue weighted by atomic mass is 9.99.